The molecule has 0 N–H and O–H groups in total. The Balaban J connectivity index is 1.97. The number of hydrogen-bond donors (Lipinski definition) is 0. The Labute approximate surface area is 185 Å². The van der Waals surface area contributed by atoms with Gasteiger partial charge < -0.3 is 0 Å². The maximum absolute atomic E-state index is 4.99. The van der Waals surface area contributed by atoms with Crippen LogP contribution < -0.4 is 0 Å². The van der Waals surface area contributed by atoms with E-state index < -0.39 is 0 Å². The molecule has 0 atom stereocenters. The molecule has 2 nitrogen and oxygen atoms in total. The number of aryl methyl sites for hydroxylation is 3. The summed E-state index contributed by atoms with van der Waals surface area (Å²) >= 11 is 0. The zero-order valence-electron chi connectivity index (χ0n) is 18.7. The molecule has 0 amide bonds. The van der Waals surface area contributed by atoms with Crippen molar-refractivity contribution in [1.82, 2.24) is 9.78 Å². The van der Waals surface area contributed by atoms with Crippen LogP contribution in [-0.4, -0.2) is 9.78 Å². The Hall–Kier alpha value is -3.39. The molecule has 3 aromatic carbocycles. The van der Waals surface area contributed by atoms with Gasteiger partial charge in [0.25, 0.3) is 0 Å². The zero-order valence-corrected chi connectivity index (χ0v) is 18.7. The first-order valence-electron chi connectivity index (χ1n) is 11.2. The van der Waals surface area contributed by atoms with Crippen LogP contribution in [0.1, 0.15) is 37.5 Å². The molecule has 0 aliphatic rings. The summed E-state index contributed by atoms with van der Waals surface area (Å²) in [5.41, 5.74) is 10.7. The van der Waals surface area contributed by atoms with Gasteiger partial charge in [0.05, 0.1) is 5.69 Å². The maximum atomic E-state index is 4.99. The van der Waals surface area contributed by atoms with E-state index in [1.165, 1.54) is 22.3 Å². The fourth-order valence-electron chi connectivity index (χ4n) is 4.02. The van der Waals surface area contributed by atoms with Gasteiger partial charge in [0.15, 0.2) is 0 Å². The van der Waals surface area contributed by atoms with Crippen LogP contribution in [0.15, 0.2) is 79.4 Å². The van der Waals surface area contributed by atoms with Crippen molar-refractivity contribution < 1.29 is 0 Å². The minimum absolute atomic E-state index is 0.987. The highest BCUT2D eigenvalue weighted by molar-refractivity contribution is 5.92. The molecule has 156 valence electrons. The SMILES string of the molecule is C=Cn1nc(-c2ccc(CC)cc2)c(-c2ccc(CC)cc2)c1-c1ccc(CC)cc1. The number of aromatic nitrogens is 2. The second kappa shape index (κ2) is 9.18. The third kappa shape index (κ3) is 4.11. The summed E-state index contributed by atoms with van der Waals surface area (Å²) in [4.78, 5) is 0. The van der Waals surface area contributed by atoms with Gasteiger partial charge in [-0.2, -0.15) is 5.10 Å². The highest BCUT2D eigenvalue weighted by Gasteiger charge is 2.21. The van der Waals surface area contributed by atoms with Crippen LogP contribution in [0.2, 0.25) is 0 Å². The Bertz CT molecular complexity index is 1160. The summed E-state index contributed by atoms with van der Waals surface area (Å²) in [5, 5.41) is 4.99. The summed E-state index contributed by atoms with van der Waals surface area (Å²) in [6.45, 7) is 10.6. The largest absolute Gasteiger partial charge is 0.240 e. The lowest BCUT2D eigenvalue weighted by atomic mass is 9.94. The van der Waals surface area contributed by atoms with E-state index in [1.807, 2.05) is 4.68 Å². The van der Waals surface area contributed by atoms with Gasteiger partial charge in [0.1, 0.15) is 5.69 Å². The number of rotatable bonds is 7. The molecule has 0 radical (unpaired) electrons. The lowest BCUT2D eigenvalue weighted by Crippen LogP contribution is -1.93. The first kappa shape index (κ1) is 20.9. The maximum Gasteiger partial charge on any atom is 0.101 e. The van der Waals surface area contributed by atoms with Crippen LogP contribution in [0.25, 0.3) is 39.8 Å². The minimum atomic E-state index is 0.987. The van der Waals surface area contributed by atoms with Crippen LogP contribution in [0.5, 0.6) is 0 Å². The molecular weight excluding hydrogens is 376 g/mol. The monoisotopic (exact) mass is 406 g/mol. The van der Waals surface area contributed by atoms with Crippen LogP contribution in [0.3, 0.4) is 0 Å². The van der Waals surface area contributed by atoms with Crippen molar-refractivity contribution in [2.75, 3.05) is 0 Å². The van der Waals surface area contributed by atoms with E-state index in [0.29, 0.717) is 0 Å². The van der Waals surface area contributed by atoms with E-state index in [2.05, 4.69) is 100 Å². The molecule has 2 heteroatoms. The fraction of sp³-hybridized carbons (Fsp3) is 0.207. The van der Waals surface area contributed by atoms with Crippen LogP contribution in [-0.2, 0) is 19.3 Å². The van der Waals surface area contributed by atoms with Crippen LogP contribution in [0, 0.1) is 0 Å². The predicted molar refractivity (Wildman–Crippen MR) is 133 cm³/mol. The van der Waals surface area contributed by atoms with Gasteiger partial charge in [-0.05, 0) is 41.5 Å². The Morgan fingerprint density at radius 3 is 1.48 bits per heavy atom. The molecule has 0 saturated carbocycles. The van der Waals surface area contributed by atoms with Gasteiger partial charge in [0, 0.05) is 22.9 Å². The molecule has 0 bridgehead atoms. The van der Waals surface area contributed by atoms with Gasteiger partial charge in [-0.25, -0.2) is 4.68 Å². The van der Waals surface area contributed by atoms with E-state index in [1.54, 1.807) is 6.20 Å². The molecule has 0 spiro atoms. The molecule has 0 unspecified atom stereocenters. The zero-order chi connectivity index (χ0) is 21.8. The van der Waals surface area contributed by atoms with Crippen molar-refractivity contribution in [1.29, 1.82) is 0 Å². The standard InChI is InChI=1S/C29H30N2/c1-5-21-9-15-24(16-10-21)27-28(25-17-11-22(6-2)12-18-25)30-31(8-4)29(27)26-19-13-23(7-3)14-20-26/h8-20H,4-7H2,1-3H3. The van der Waals surface area contributed by atoms with Crippen molar-refractivity contribution in [3.8, 4) is 33.6 Å². The predicted octanol–water partition coefficient (Wildman–Crippen LogP) is 7.67. The summed E-state index contributed by atoms with van der Waals surface area (Å²) in [7, 11) is 0. The molecular formula is C29H30N2. The molecule has 1 heterocycles. The molecule has 31 heavy (non-hydrogen) atoms. The van der Waals surface area contributed by atoms with Crippen molar-refractivity contribution in [3.05, 3.63) is 96.1 Å². The van der Waals surface area contributed by atoms with Gasteiger partial charge in [-0.15, -0.1) is 0 Å². The Morgan fingerprint density at radius 2 is 1.06 bits per heavy atom. The normalized spacial score (nSPS) is 10.9. The van der Waals surface area contributed by atoms with Gasteiger partial charge in [0.2, 0.25) is 0 Å². The Morgan fingerprint density at radius 1 is 0.645 bits per heavy atom. The van der Waals surface area contributed by atoms with Gasteiger partial charge in [-0.3, -0.25) is 0 Å². The van der Waals surface area contributed by atoms with Gasteiger partial charge >= 0.3 is 0 Å². The topological polar surface area (TPSA) is 17.8 Å². The molecule has 4 rings (SSSR count). The molecule has 0 fully saturated rings. The molecule has 4 aromatic rings. The summed E-state index contributed by atoms with van der Waals surface area (Å²) < 4.78 is 1.92. The summed E-state index contributed by atoms with van der Waals surface area (Å²) in [6, 6.07) is 26.4. The number of hydrogen-bond acceptors (Lipinski definition) is 1. The number of nitrogens with zero attached hydrogens (tertiary/aromatic N) is 2. The minimum Gasteiger partial charge on any atom is -0.240 e. The highest BCUT2D eigenvalue weighted by atomic mass is 15.3. The van der Waals surface area contributed by atoms with E-state index in [-0.39, 0.29) is 0 Å². The van der Waals surface area contributed by atoms with E-state index in [9.17, 15) is 0 Å². The van der Waals surface area contributed by atoms with Crippen molar-refractivity contribution in [2.45, 2.75) is 40.0 Å². The van der Waals surface area contributed by atoms with Crippen molar-refractivity contribution in [3.63, 3.8) is 0 Å². The summed E-state index contributed by atoms with van der Waals surface area (Å²) in [6.07, 6.45) is 4.89. The van der Waals surface area contributed by atoms with Crippen LogP contribution in [0.4, 0.5) is 0 Å². The van der Waals surface area contributed by atoms with E-state index in [0.717, 1.165) is 47.3 Å². The van der Waals surface area contributed by atoms with Gasteiger partial charge in [-0.1, -0.05) is 100 Å². The van der Waals surface area contributed by atoms with E-state index >= 15 is 0 Å². The average molecular weight is 407 g/mol. The summed E-state index contributed by atoms with van der Waals surface area (Å²) in [5.74, 6) is 0. The average Bonchev–Trinajstić information content (AvgIpc) is 3.24. The second-order valence-corrected chi connectivity index (χ2v) is 7.85. The van der Waals surface area contributed by atoms with Crippen molar-refractivity contribution in [2.24, 2.45) is 0 Å². The third-order valence-electron chi connectivity index (χ3n) is 6.01. The first-order valence-corrected chi connectivity index (χ1v) is 11.2. The quantitative estimate of drug-likeness (QED) is 0.308. The van der Waals surface area contributed by atoms with Crippen LogP contribution >= 0.6 is 0 Å². The molecule has 0 saturated heterocycles. The van der Waals surface area contributed by atoms with Crippen molar-refractivity contribution >= 4 is 6.20 Å². The fourth-order valence-corrected chi connectivity index (χ4v) is 4.02. The lowest BCUT2D eigenvalue weighted by molar-refractivity contribution is 0.948. The smallest absolute Gasteiger partial charge is 0.101 e. The molecule has 0 aliphatic heterocycles. The third-order valence-corrected chi connectivity index (χ3v) is 6.01. The highest BCUT2D eigenvalue weighted by Crippen LogP contribution is 2.40. The second-order valence-electron chi connectivity index (χ2n) is 7.85. The first-order chi connectivity index (χ1) is 15.2. The molecule has 0 aliphatic carbocycles. The molecule has 1 aromatic heterocycles. The lowest BCUT2D eigenvalue weighted by Gasteiger charge is -2.10. The van der Waals surface area contributed by atoms with E-state index in [4.69, 9.17) is 5.10 Å². The number of benzene rings is 3. The Kier molecular flexibility index (Phi) is 6.18.